The summed E-state index contributed by atoms with van der Waals surface area (Å²) >= 11 is 0. The summed E-state index contributed by atoms with van der Waals surface area (Å²) in [6.45, 7) is 0. The molecule has 6 heteroatoms. The van der Waals surface area contributed by atoms with E-state index in [2.05, 4.69) is 14.7 Å². The van der Waals surface area contributed by atoms with Gasteiger partial charge in [-0.1, -0.05) is 0 Å². The topological polar surface area (TPSA) is 74.8 Å². The van der Waals surface area contributed by atoms with E-state index in [0.29, 0.717) is 11.2 Å². The van der Waals surface area contributed by atoms with Crippen LogP contribution in [0.1, 0.15) is 0 Å². The number of pyridine rings is 1. The molecular formula is C8H9N3O2S. The highest BCUT2D eigenvalue weighted by Crippen LogP contribution is 2.20. The Morgan fingerprint density at radius 3 is 3.00 bits per heavy atom. The summed E-state index contributed by atoms with van der Waals surface area (Å²) in [5.41, 5.74) is 1.90. The third-order valence-electron chi connectivity index (χ3n) is 1.73. The van der Waals surface area contributed by atoms with Crippen LogP contribution in [0.2, 0.25) is 0 Å². The number of hydrogen-bond acceptors (Lipinski definition) is 3. The van der Waals surface area contributed by atoms with E-state index in [1.165, 1.54) is 0 Å². The Bertz CT molecular complexity index is 559. The van der Waals surface area contributed by atoms with E-state index in [1.807, 2.05) is 6.07 Å². The van der Waals surface area contributed by atoms with E-state index < -0.39 is 10.0 Å². The Kier molecular flexibility index (Phi) is 1.92. The van der Waals surface area contributed by atoms with E-state index >= 15 is 0 Å². The highest BCUT2D eigenvalue weighted by Gasteiger charge is 2.07. The maximum absolute atomic E-state index is 11.0. The van der Waals surface area contributed by atoms with Crippen LogP contribution in [0.25, 0.3) is 11.0 Å². The maximum atomic E-state index is 11.0. The van der Waals surface area contributed by atoms with Gasteiger partial charge in [0, 0.05) is 12.4 Å². The second-order valence-corrected chi connectivity index (χ2v) is 4.72. The number of nitrogens with one attached hydrogen (secondary N) is 2. The van der Waals surface area contributed by atoms with Crippen molar-refractivity contribution in [3.05, 3.63) is 24.5 Å². The lowest BCUT2D eigenvalue weighted by atomic mass is 10.4. The molecule has 2 heterocycles. The lowest BCUT2D eigenvalue weighted by molar-refractivity contribution is 0.607. The van der Waals surface area contributed by atoms with Crippen LogP contribution in [0, 0.1) is 0 Å². The number of nitrogens with zero attached hydrogens (tertiary/aromatic N) is 1. The van der Waals surface area contributed by atoms with Crippen molar-refractivity contribution in [1.29, 1.82) is 0 Å². The van der Waals surface area contributed by atoms with Crippen LogP contribution in [-0.2, 0) is 10.0 Å². The standard InChI is InChI=1S/C8H9N3O2S/c1-14(12,13)11-7-5-10-6-3-2-4-9-8(6)7/h2-5,10-11H,1H3. The molecule has 0 bridgehead atoms. The molecule has 2 rings (SSSR count). The maximum Gasteiger partial charge on any atom is 0.229 e. The second-order valence-electron chi connectivity index (χ2n) is 2.98. The Morgan fingerprint density at radius 1 is 1.50 bits per heavy atom. The summed E-state index contributed by atoms with van der Waals surface area (Å²) in [7, 11) is -3.25. The molecule has 0 saturated heterocycles. The van der Waals surface area contributed by atoms with Crippen LogP contribution < -0.4 is 4.72 Å². The monoisotopic (exact) mass is 211 g/mol. The summed E-state index contributed by atoms with van der Waals surface area (Å²) in [6.07, 6.45) is 4.30. The molecule has 0 unspecified atom stereocenters. The molecule has 5 nitrogen and oxygen atoms in total. The van der Waals surface area contributed by atoms with Gasteiger partial charge < -0.3 is 4.98 Å². The lowest BCUT2D eigenvalue weighted by Crippen LogP contribution is -2.09. The normalized spacial score (nSPS) is 11.8. The molecule has 0 radical (unpaired) electrons. The van der Waals surface area contributed by atoms with Gasteiger partial charge in [-0.25, -0.2) is 8.42 Å². The predicted octanol–water partition coefficient (Wildman–Crippen LogP) is 0.934. The summed E-state index contributed by atoms with van der Waals surface area (Å²) < 4.78 is 24.4. The summed E-state index contributed by atoms with van der Waals surface area (Å²) in [5, 5.41) is 0. The Hall–Kier alpha value is -1.56. The molecule has 14 heavy (non-hydrogen) atoms. The van der Waals surface area contributed by atoms with Gasteiger partial charge in [0.05, 0.1) is 17.5 Å². The van der Waals surface area contributed by atoms with Crippen molar-refractivity contribution >= 4 is 26.7 Å². The van der Waals surface area contributed by atoms with E-state index in [-0.39, 0.29) is 0 Å². The zero-order chi connectivity index (χ0) is 10.2. The fourth-order valence-electron chi connectivity index (χ4n) is 1.23. The number of sulfonamides is 1. The molecule has 0 atom stereocenters. The number of H-pyrrole nitrogens is 1. The number of fused-ring (bicyclic) bond motifs is 1. The Balaban J connectivity index is 2.54. The average molecular weight is 211 g/mol. The number of aromatic nitrogens is 2. The van der Waals surface area contributed by atoms with Crippen molar-refractivity contribution in [3.8, 4) is 0 Å². The van der Waals surface area contributed by atoms with Gasteiger partial charge in [-0.2, -0.15) is 0 Å². The first kappa shape index (κ1) is 9.01. The number of anilines is 1. The molecule has 2 N–H and O–H groups in total. The molecule has 0 amide bonds. The van der Waals surface area contributed by atoms with Gasteiger partial charge in [0.1, 0.15) is 5.52 Å². The van der Waals surface area contributed by atoms with Crippen LogP contribution in [0.3, 0.4) is 0 Å². The number of hydrogen-bond donors (Lipinski definition) is 2. The molecule has 0 aliphatic rings. The van der Waals surface area contributed by atoms with Gasteiger partial charge in [0.25, 0.3) is 0 Å². The van der Waals surface area contributed by atoms with E-state index in [9.17, 15) is 8.42 Å². The molecule has 0 aromatic carbocycles. The van der Waals surface area contributed by atoms with Gasteiger partial charge >= 0.3 is 0 Å². The molecular weight excluding hydrogens is 202 g/mol. The minimum atomic E-state index is -3.25. The van der Waals surface area contributed by atoms with Crippen LogP contribution in [0.5, 0.6) is 0 Å². The largest absolute Gasteiger partial charge is 0.358 e. The SMILES string of the molecule is CS(=O)(=O)Nc1c[nH]c2cccnc12. The van der Waals surface area contributed by atoms with Crippen molar-refractivity contribution in [2.24, 2.45) is 0 Å². The third kappa shape index (κ3) is 1.69. The highest BCUT2D eigenvalue weighted by molar-refractivity contribution is 7.92. The van der Waals surface area contributed by atoms with E-state index in [1.54, 1.807) is 18.5 Å². The Labute approximate surface area is 81.2 Å². The van der Waals surface area contributed by atoms with Crippen LogP contribution in [0.4, 0.5) is 5.69 Å². The van der Waals surface area contributed by atoms with Crippen molar-refractivity contribution in [3.63, 3.8) is 0 Å². The second kappa shape index (κ2) is 2.98. The summed E-state index contributed by atoms with van der Waals surface area (Å²) in [6, 6.07) is 3.61. The van der Waals surface area contributed by atoms with Crippen LogP contribution in [0.15, 0.2) is 24.5 Å². The lowest BCUT2D eigenvalue weighted by Gasteiger charge is -1.99. The minimum Gasteiger partial charge on any atom is -0.358 e. The first-order valence-electron chi connectivity index (χ1n) is 3.96. The van der Waals surface area contributed by atoms with Crippen LogP contribution >= 0.6 is 0 Å². The molecule has 0 saturated carbocycles. The van der Waals surface area contributed by atoms with Crippen molar-refractivity contribution < 1.29 is 8.42 Å². The zero-order valence-electron chi connectivity index (χ0n) is 7.48. The van der Waals surface area contributed by atoms with Gasteiger partial charge in [-0.3, -0.25) is 9.71 Å². The van der Waals surface area contributed by atoms with E-state index in [4.69, 9.17) is 0 Å². The van der Waals surface area contributed by atoms with Gasteiger partial charge in [0.2, 0.25) is 10.0 Å². The van der Waals surface area contributed by atoms with Gasteiger partial charge in [0.15, 0.2) is 0 Å². The first-order valence-corrected chi connectivity index (χ1v) is 5.85. The van der Waals surface area contributed by atoms with Crippen molar-refractivity contribution in [1.82, 2.24) is 9.97 Å². The number of rotatable bonds is 2. The summed E-state index contributed by atoms with van der Waals surface area (Å²) in [4.78, 5) is 6.99. The molecule has 0 spiro atoms. The molecule has 0 fully saturated rings. The van der Waals surface area contributed by atoms with E-state index in [0.717, 1.165) is 11.8 Å². The fourth-order valence-corrected chi connectivity index (χ4v) is 1.79. The smallest absolute Gasteiger partial charge is 0.229 e. The molecule has 0 aliphatic carbocycles. The molecule has 2 aromatic rings. The minimum absolute atomic E-state index is 0.475. The van der Waals surface area contributed by atoms with Gasteiger partial charge in [-0.05, 0) is 12.1 Å². The Morgan fingerprint density at radius 2 is 2.29 bits per heavy atom. The first-order chi connectivity index (χ1) is 6.56. The predicted molar refractivity (Wildman–Crippen MR) is 54.6 cm³/mol. The third-order valence-corrected chi connectivity index (χ3v) is 2.32. The summed E-state index contributed by atoms with van der Waals surface area (Å²) in [5.74, 6) is 0. The van der Waals surface area contributed by atoms with Gasteiger partial charge in [-0.15, -0.1) is 0 Å². The zero-order valence-corrected chi connectivity index (χ0v) is 8.30. The van der Waals surface area contributed by atoms with Crippen molar-refractivity contribution in [2.75, 3.05) is 11.0 Å². The molecule has 74 valence electrons. The quantitative estimate of drug-likeness (QED) is 0.776. The molecule has 0 aliphatic heterocycles. The fraction of sp³-hybridized carbons (Fsp3) is 0.125. The highest BCUT2D eigenvalue weighted by atomic mass is 32.2. The molecule has 2 aromatic heterocycles. The van der Waals surface area contributed by atoms with Crippen molar-refractivity contribution in [2.45, 2.75) is 0 Å². The average Bonchev–Trinajstić information content (AvgIpc) is 2.47. The van der Waals surface area contributed by atoms with Crippen LogP contribution in [-0.4, -0.2) is 24.6 Å². The number of aromatic amines is 1.